The molecule has 0 saturated heterocycles. The number of hydrogen-bond acceptors (Lipinski definition) is 2. The number of rotatable bonds is 8. The second-order valence-electron chi connectivity index (χ2n) is 7.81. The molecule has 0 aromatic heterocycles. The van der Waals surface area contributed by atoms with E-state index in [2.05, 4.69) is 19.9 Å². The van der Waals surface area contributed by atoms with Crippen molar-refractivity contribution >= 4 is 0 Å². The molecule has 1 fully saturated rings. The number of fused-ring (bicyclic) bond motifs is 1. The number of allylic oxidation sites excluding steroid dienone is 1. The molecule has 3 nitrogen and oxygen atoms in total. The lowest BCUT2D eigenvalue weighted by Crippen LogP contribution is -2.85. The van der Waals surface area contributed by atoms with Crippen LogP contribution in [0.2, 0.25) is 0 Å². The second-order valence-corrected chi connectivity index (χ2v) is 7.81. The van der Waals surface area contributed by atoms with Gasteiger partial charge in [0.2, 0.25) is 0 Å². The van der Waals surface area contributed by atoms with E-state index < -0.39 is 6.10 Å². The van der Waals surface area contributed by atoms with E-state index in [1.165, 1.54) is 24.5 Å². The van der Waals surface area contributed by atoms with Crippen molar-refractivity contribution in [1.29, 1.82) is 0 Å². The Kier molecular flexibility index (Phi) is 5.38. The standard InChI is InChI=1S/C20H28FNO2/c1-20(2)16-8-7-15(18(20)9-16)12-24-13-17(23)11-22-10-14-5-3-4-6-19(14)21/h3-7,16-18,22-23H,8-13H2,1-2H3/p+1/t16-,17+,18-/m0/s1. The molecule has 0 unspecified atom stereocenters. The van der Waals surface area contributed by atoms with Gasteiger partial charge in [-0.3, -0.25) is 0 Å². The average molecular weight is 334 g/mol. The molecule has 3 aliphatic carbocycles. The molecule has 3 atom stereocenters. The highest BCUT2D eigenvalue weighted by molar-refractivity contribution is 5.23. The first-order chi connectivity index (χ1) is 11.5. The van der Waals surface area contributed by atoms with Crippen molar-refractivity contribution in [3.63, 3.8) is 0 Å². The van der Waals surface area contributed by atoms with Gasteiger partial charge in [0.15, 0.2) is 0 Å². The van der Waals surface area contributed by atoms with Crippen molar-refractivity contribution in [3.05, 3.63) is 47.3 Å². The number of hydrogen-bond donors (Lipinski definition) is 2. The molecule has 1 saturated carbocycles. The van der Waals surface area contributed by atoms with Gasteiger partial charge in [0.05, 0.1) is 13.2 Å². The monoisotopic (exact) mass is 334 g/mol. The van der Waals surface area contributed by atoms with Crippen LogP contribution in [0.1, 0.15) is 32.3 Å². The van der Waals surface area contributed by atoms with Gasteiger partial charge < -0.3 is 15.2 Å². The van der Waals surface area contributed by atoms with E-state index in [0.29, 0.717) is 43.2 Å². The number of aliphatic hydroxyl groups excluding tert-OH is 1. The normalized spacial score (nSPS) is 25.8. The summed E-state index contributed by atoms with van der Waals surface area (Å²) in [6, 6.07) is 6.76. The van der Waals surface area contributed by atoms with E-state index >= 15 is 0 Å². The van der Waals surface area contributed by atoms with Crippen molar-refractivity contribution in [1.82, 2.24) is 0 Å². The summed E-state index contributed by atoms with van der Waals surface area (Å²) in [4.78, 5) is 0. The minimum absolute atomic E-state index is 0.190. The topological polar surface area (TPSA) is 46.1 Å². The summed E-state index contributed by atoms with van der Waals surface area (Å²) in [6.07, 6.45) is 4.27. The summed E-state index contributed by atoms with van der Waals surface area (Å²) >= 11 is 0. The largest absolute Gasteiger partial charge is 0.385 e. The molecule has 4 rings (SSSR count). The Morgan fingerprint density at radius 3 is 2.88 bits per heavy atom. The van der Waals surface area contributed by atoms with E-state index in [1.54, 1.807) is 12.1 Å². The summed E-state index contributed by atoms with van der Waals surface area (Å²) in [5.41, 5.74) is 2.49. The molecule has 0 aliphatic heterocycles. The zero-order valence-corrected chi connectivity index (χ0v) is 14.7. The molecule has 1 aromatic carbocycles. The zero-order valence-electron chi connectivity index (χ0n) is 14.7. The van der Waals surface area contributed by atoms with Crippen molar-refractivity contribution in [2.75, 3.05) is 19.8 Å². The molecule has 3 N–H and O–H groups in total. The van der Waals surface area contributed by atoms with Gasteiger partial charge >= 0.3 is 0 Å². The second kappa shape index (κ2) is 7.34. The minimum Gasteiger partial charge on any atom is -0.385 e. The third kappa shape index (κ3) is 3.71. The quantitative estimate of drug-likeness (QED) is 0.717. The highest BCUT2D eigenvalue weighted by atomic mass is 19.1. The Labute approximate surface area is 143 Å². The number of halogens is 1. The van der Waals surface area contributed by atoms with E-state index in [4.69, 9.17) is 4.74 Å². The summed E-state index contributed by atoms with van der Waals surface area (Å²) in [5, 5.41) is 12.0. The molecular weight excluding hydrogens is 305 g/mol. The predicted molar refractivity (Wildman–Crippen MR) is 91.8 cm³/mol. The Hall–Kier alpha value is -1.23. The van der Waals surface area contributed by atoms with Gasteiger partial charge in [-0.25, -0.2) is 4.39 Å². The van der Waals surface area contributed by atoms with E-state index in [9.17, 15) is 9.50 Å². The first-order valence-corrected chi connectivity index (χ1v) is 8.98. The Balaban J connectivity index is 1.34. The Morgan fingerprint density at radius 2 is 2.17 bits per heavy atom. The highest BCUT2D eigenvalue weighted by Crippen LogP contribution is 2.59. The van der Waals surface area contributed by atoms with Crippen LogP contribution in [-0.4, -0.2) is 31.0 Å². The summed E-state index contributed by atoms with van der Waals surface area (Å²) in [7, 11) is 0. The molecule has 3 aliphatic rings. The number of nitrogens with two attached hydrogens (primary N) is 1. The predicted octanol–water partition coefficient (Wildman–Crippen LogP) is 2.26. The molecule has 0 spiro atoms. The average Bonchev–Trinajstić information content (AvgIpc) is 2.56. The molecule has 0 heterocycles. The van der Waals surface area contributed by atoms with Crippen molar-refractivity contribution in [3.8, 4) is 0 Å². The number of quaternary nitrogens is 1. The Bertz CT molecular complexity index is 599. The van der Waals surface area contributed by atoms with Gasteiger partial charge in [0, 0.05) is 5.56 Å². The fourth-order valence-electron chi connectivity index (χ4n) is 4.12. The van der Waals surface area contributed by atoms with E-state index in [-0.39, 0.29) is 5.82 Å². The number of aliphatic hydroxyl groups is 1. The van der Waals surface area contributed by atoms with Crippen molar-refractivity contribution < 1.29 is 19.6 Å². The molecule has 0 radical (unpaired) electrons. The minimum atomic E-state index is -0.525. The lowest BCUT2D eigenvalue weighted by molar-refractivity contribution is -0.677. The van der Waals surface area contributed by atoms with Crippen LogP contribution in [0, 0.1) is 23.1 Å². The fourth-order valence-corrected chi connectivity index (χ4v) is 4.12. The van der Waals surface area contributed by atoms with Crippen LogP contribution in [0.25, 0.3) is 0 Å². The summed E-state index contributed by atoms with van der Waals surface area (Å²) in [6.45, 7) is 6.72. The molecule has 24 heavy (non-hydrogen) atoms. The maximum atomic E-state index is 13.5. The SMILES string of the molecule is CC1(C)[C@H]2CC=C(COC[C@H](O)C[NH2+]Cc3ccccc3F)[C@@H]1C2. The van der Waals surface area contributed by atoms with Gasteiger partial charge in [-0.15, -0.1) is 0 Å². The van der Waals surface area contributed by atoms with Crippen LogP contribution in [0.4, 0.5) is 4.39 Å². The van der Waals surface area contributed by atoms with E-state index in [0.717, 1.165) is 5.92 Å². The van der Waals surface area contributed by atoms with Crippen LogP contribution in [0.5, 0.6) is 0 Å². The maximum absolute atomic E-state index is 13.5. The van der Waals surface area contributed by atoms with Crippen LogP contribution >= 0.6 is 0 Å². The third-order valence-corrected chi connectivity index (χ3v) is 5.92. The molecule has 0 amide bonds. The summed E-state index contributed by atoms with van der Waals surface area (Å²) < 4.78 is 19.2. The van der Waals surface area contributed by atoms with Crippen LogP contribution < -0.4 is 5.32 Å². The molecule has 132 valence electrons. The fraction of sp³-hybridized carbons (Fsp3) is 0.600. The van der Waals surface area contributed by atoms with Gasteiger partial charge in [-0.2, -0.15) is 0 Å². The van der Waals surface area contributed by atoms with Crippen molar-refractivity contribution in [2.24, 2.45) is 17.3 Å². The molecule has 2 bridgehead atoms. The molecular formula is C20H29FNO2+. The van der Waals surface area contributed by atoms with Gasteiger partial charge in [0.1, 0.15) is 25.0 Å². The smallest absolute Gasteiger partial charge is 0.132 e. The number of benzene rings is 1. The number of ether oxygens (including phenoxy) is 1. The first-order valence-electron chi connectivity index (χ1n) is 8.98. The maximum Gasteiger partial charge on any atom is 0.132 e. The summed E-state index contributed by atoms with van der Waals surface area (Å²) in [5.74, 6) is 1.30. The van der Waals surface area contributed by atoms with Gasteiger partial charge in [0.25, 0.3) is 0 Å². The van der Waals surface area contributed by atoms with Gasteiger partial charge in [-0.1, -0.05) is 38.1 Å². The van der Waals surface area contributed by atoms with Crippen LogP contribution in [0.15, 0.2) is 35.9 Å². The first kappa shape index (κ1) is 17.6. The third-order valence-electron chi connectivity index (χ3n) is 5.92. The Morgan fingerprint density at radius 1 is 1.38 bits per heavy atom. The lowest BCUT2D eigenvalue weighted by Gasteiger charge is -2.56. The van der Waals surface area contributed by atoms with Crippen LogP contribution in [-0.2, 0) is 11.3 Å². The zero-order chi connectivity index (χ0) is 17.2. The van der Waals surface area contributed by atoms with Crippen LogP contribution in [0.3, 0.4) is 0 Å². The molecule has 1 aromatic rings. The van der Waals surface area contributed by atoms with Crippen molar-refractivity contribution in [2.45, 2.75) is 39.3 Å². The lowest BCUT2D eigenvalue weighted by atomic mass is 9.49. The van der Waals surface area contributed by atoms with Gasteiger partial charge in [-0.05, 0) is 41.7 Å². The highest BCUT2D eigenvalue weighted by Gasteiger charge is 2.50. The van der Waals surface area contributed by atoms with E-state index in [1.807, 2.05) is 11.4 Å². The molecule has 4 heteroatoms.